The van der Waals surface area contributed by atoms with Crippen molar-refractivity contribution in [1.29, 1.82) is 0 Å². The molecule has 3 aromatic rings. The number of nitrogens with zero attached hydrogens (tertiary/aromatic N) is 2. The van der Waals surface area contributed by atoms with Crippen LogP contribution in [0.4, 0.5) is 22.7 Å². The van der Waals surface area contributed by atoms with Crippen molar-refractivity contribution in [2.45, 2.75) is 21.6 Å². The first kappa shape index (κ1) is 26.1. The Morgan fingerprint density at radius 1 is 0.800 bits per heavy atom. The Morgan fingerprint density at radius 3 is 1.94 bits per heavy atom. The van der Waals surface area contributed by atoms with Gasteiger partial charge in [0.2, 0.25) is 5.91 Å². The third-order valence-corrected chi connectivity index (χ3v) is 7.03. The number of benzene rings is 3. The number of fused-ring (bicyclic) bond motifs is 1. The van der Waals surface area contributed by atoms with E-state index in [-0.39, 0.29) is 17.1 Å². The lowest BCUT2D eigenvalue weighted by Gasteiger charge is -2.10. The van der Waals surface area contributed by atoms with Gasteiger partial charge in [-0.05, 0) is 47.9 Å². The van der Waals surface area contributed by atoms with Crippen LogP contribution in [0, 0.1) is 0 Å². The first-order valence-electron chi connectivity index (χ1n) is 9.10. The number of carbonyl (C=O) groups is 1. The van der Waals surface area contributed by atoms with Gasteiger partial charge >= 0.3 is 0 Å². The second-order valence-electron chi connectivity index (χ2n) is 7.05. The maximum absolute atomic E-state index is 12.0. The third kappa shape index (κ3) is 5.96. The summed E-state index contributed by atoms with van der Waals surface area (Å²) < 4.78 is 99.3. The molecule has 0 bridgehead atoms. The molecule has 0 aromatic heterocycles. The minimum Gasteiger partial charge on any atom is -0.399 e. The monoisotopic (exact) mass is 544 g/mol. The summed E-state index contributed by atoms with van der Waals surface area (Å²) in [5.41, 5.74) is 5.44. The van der Waals surface area contributed by atoms with Crippen LogP contribution in [-0.2, 0) is 35.1 Å². The number of nitrogens with two attached hydrogens (primary N) is 1. The van der Waals surface area contributed by atoms with E-state index in [0.717, 1.165) is 12.1 Å². The number of rotatable bonds is 6. The van der Waals surface area contributed by atoms with Gasteiger partial charge in [-0.1, -0.05) is 0 Å². The quantitative estimate of drug-likeness (QED) is 0.171. The van der Waals surface area contributed by atoms with Crippen LogP contribution < -0.4 is 11.1 Å². The zero-order chi connectivity index (χ0) is 26.3. The molecule has 3 aromatic carbocycles. The smallest absolute Gasteiger partial charge is 0.296 e. The standard InChI is InChI=1S/C18H16N4O10S3/c1-9(23)20-15-6-11(19)2-3-14(15)21-22-16-8-13-10(5-18(16)35(30,31)32)4-12(33(24,25)26)7-17(13)34(27,28)29/h2-8H,19H2,1H3,(H,20,23)(H,24,25,26)(H,27,28,29)(H,30,31,32)/b22-21+. The molecule has 0 aliphatic carbocycles. The molecule has 0 unspecified atom stereocenters. The number of amides is 1. The first-order valence-corrected chi connectivity index (χ1v) is 13.4. The van der Waals surface area contributed by atoms with Gasteiger partial charge in [-0.15, -0.1) is 10.2 Å². The number of hydrogen-bond donors (Lipinski definition) is 5. The third-order valence-electron chi connectivity index (χ3n) is 4.42. The first-order chi connectivity index (χ1) is 16.0. The molecule has 0 aliphatic rings. The minimum atomic E-state index is -5.09. The van der Waals surface area contributed by atoms with Crippen molar-refractivity contribution in [3.8, 4) is 0 Å². The van der Waals surface area contributed by atoms with E-state index >= 15 is 0 Å². The number of carbonyl (C=O) groups excluding carboxylic acids is 1. The zero-order valence-corrected chi connectivity index (χ0v) is 19.9. The molecule has 0 heterocycles. The van der Waals surface area contributed by atoms with Crippen LogP contribution in [0.5, 0.6) is 0 Å². The highest BCUT2D eigenvalue weighted by Gasteiger charge is 2.24. The van der Waals surface area contributed by atoms with Crippen molar-refractivity contribution >= 4 is 69.8 Å². The molecular formula is C18H16N4O10S3. The second-order valence-corrected chi connectivity index (χ2v) is 11.2. The normalized spacial score (nSPS) is 12.8. The molecule has 3 rings (SSSR count). The largest absolute Gasteiger partial charge is 0.399 e. The van der Waals surface area contributed by atoms with E-state index in [4.69, 9.17) is 5.73 Å². The summed E-state index contributed by atoms with van der Waals surface area (Å²) in [5, 5.41) is 9.21. The van der Waals surface area contributed by atoms with Crippen LogP contribution in [0.15, 0.2) is 67.4 Å². The summed E-state index contributed by atoms with van der Waals surface area (Å²) >= 11 is 0. The highest BCUT2D eigenvalue weighted by atomic mass is 32.2. The van der Waals surface area contributed by atoms with Gasteiger partial charge in [-0.2, -0.15) is 25.3 Å². The Labute approximate surface area is 198 Å². The van der Waals surface area contributed by atoms with Crippen LogP contribution in [0.3, 0.4) is 0 Å². The number of hydrogen-bond acceptors (Lipinski definition) is 10. The van der Waals surface area contributed by atoms with Crippen LogP contribution in [0.2, 0.25) is 0 Å². The Balaban J connectivity index is 2.35. The Morgan fingerprint density at radius 2 is 1.40 bits per heavy atom. The molecule has 0 spiro atoms. The van der Waals surface area contributed by atoms with Gasteiger partial charge < -0.3 is 11.1 Å². The maximum Gasteiger partial charge on any atom is 0.296 e. The average molecular weight is 545 g/mol. The predicted octanol–water partition coefficient (Wildman–Crippen LogP) is 2.54. The van der Waals surface area contributed by atoms with Crippen molar-refractivity contribution in [2.24, 2.45) is 10.2 Å². The highest BCUT2D eigenvalue weighted by Crippen LogP contribution is 2.37. The molecule has 186 valence electrons. The molecule has 17 heteroatoms. The van der Waals surface area contributed by atoms with E-state index in [1.165, 1.54) is 25.1 Å². The molecule has 0 fully saturated rings. The van der Waals surface area contributed by atoms with Crippen LogP contribution >= 0.6 is 0 Å². The maximum atomic E-state index is 12.0. The fourth-order valence-corrected chi connectivity index (χ4v) is 4.99. The van der Waals surface area contributed by atoms with E-state index in [1.807, 2.05) is 0 Å². The molecule has 0 aliphatic heterocycles. The fourth-order valence-electron chi connectivity index (χ4n) is 3.00. The summed E-state index contributed by atoms with van der Waals surface area (Å²) in [5.74, 6) is -0.483. The average Bonchev–Trinajstić information content (AvgIpc) is 2.69. The summed E-state index contributed by atoms with van der Waals surface area (Å²) in [6.07, 6.45) is 0. The van der Waals surface area contributed by atoms with Crippen LogP contribution in [0.1, 0.15) is 6.92 Å². The Bertz CT molecular complexity index is 1730. The van der Waals surface area contributed by atoms with E-state index in [2.05, 4.69) is 15.5 Å². The van der Waals surface area contributed by atoms with Crippen molar-refractivity contribution in [2.75, 3.05) is 11.1 Å². The highest BCUT2D eigenvalue weighted by molar-refractivity contribution is 7.87. The number of anilines is 2. The lowest BCUT2D eigenvalue weighted by Crippen LogP contribution is -2.06. The number of nitrogen functional groups attached to an aromatic ring is 1. The second kappa shape index (κ2) is 8.95. The molecule has 0 saturated carbocycles. The molecule has 14 nitrogen and oxygen atoms in total. The SMILES string of the molecule is CC(=O)Nc1cc(N)ccc1/N=N/c1cc2c(S(=O)(=O)O)cc(S(=O)(=O)O)cc2cc1S(=O)(=O)O. The molecular weight excluding hydrogens is 528 g/mol. The molecule has 0 atom stereocenters. The summed E-state index contributed by atoms with van der Waals surface area (Å²) in [4.78, 5) is 8.58. The summed E-state index contributed by atoms with van der Waals surface area (Å²) in [6.45, 7) is 1.21. The summed E-state index contributed by atoms with van der Waals surface area (Å²) in [6, 6.07) is 6.75. The lowest BCUT2D eigenvalue weighted by molar-refractivity contribution is -0.114. The van der Waals surface area contributed by atoms with Crippen molar-refractivity contribution < 1.29 is 43.7 Å². The van der Waals surface area contributed by atoms with E-state index in [9.17, 15) is 43.7 Å². The molecule has 35 heavy (non-hydrogen) atoms. The van der Waals surface area contributed by atoms with Crippen molar-refractivity contribution in [1.82, 2.24) is 0 Å². The van der Waals surface area contributed by atoms with Crippen molar-refractivity contribution in [3.05, 3.63) is 42.5 Å². The van der Waals surface area contributed by atoms with Crippen LogP contribution in [-0.4, -0.2) is 44.8 Å². The number of nitrogens with one attached hydrogen (secondary N) is 1. The van der Waals surface area contributed by atoms with E-state index in [0.29, 0.717) is 12.1 Å². The molecule has 1 amide bonds. The van der Waals surface area contributed by atoms with E-state index < -0.39 is 67.4 Å². The number of azo groups is 1. The summed E-state index contributed by atoms with van der Waals surface area (Å²) in [7, 11) is -15.1. The fraction of sp³-hybridized carbons (Fsp3) is 0.0556. The van der Waals surface area contributed by atoms with Gasteiger partial charge in [0.25, 0.3) is 30.4 Å². The Hall–Kier alpha value is -3.48. The van der Waals surface area contributed by atoms with Crippen LogP contribution in [0.25, 0.3) is 10.8 Å². The van der Waals surface area contributed by atoms with Gasteiger partial charge in [0.05, 0.1) is 10.6 Å². The predicted molar refractivity (Wildman–Crippen MR) is 123 cm³/mol. The molecule has 0 saturated heterocycles. The van der Waals surface area contributed by atoms with Gasteiger partial charge in [0.15, 0.2) is 0 Å². The van der Waals surface area contributed by atoms with Gasteiger partial charge in [0, 0.05) is 18.0 Å². The zero-order valence-electron chi connectivity index (χ0n) is 17.4. The molecule has 6 N–H and O–H groups in total. The topological polar surface area (TPSA) is 243 Å². The lowest BCUT2D eigenvalue weighted by atomic mass is 10.1. The van der Waals surface area contributed by atoms with E-state index in [1.54, 1.807) is 0 Å². The minimum absolute atomic E-state index is 0.00695. The Kier molecular flexibility index (Phi) is 6.68. The van der Waals surface area contributed by atoms with Gasteiger partial charge in [-0.3, -0.25) is 18.5 Å². The molecule has 0 radical (unpaired) electrons. The van der Waals surface area contributed by atoms with Gasteiger partial charge in [-0.25, -0.2) is 0 Å². The van der Waals surface area contributed by atoms with Gasteiger partial charge in [0.1, 0.15) is 21.2 Å². The van der Waals surface area contributed by atoms with Crippen molar-refractivity contribution in [3.63, 3.8) is 0 Å².